The molecule has 1 aliphatic rings. The van der Waals surface area contributed by atoms with Crippen LogP contribution in [-0.4, -0.2) is 36.5 Å². The van der Waals surface area contributed by atoms with Gasteiger partial charge in [0.15, 0.2) is 6.61 Å². The average Bonchev–Trinajstić information content (AvgIpc) is 2.94. The summed E-state index contributed by atoms with van der Waals surface area (Å²) < 4.78 is 18.4. The summed E-state index contributed by atoms with van der Waals surface area (Å²) in [5.41, 5.74) is 5.35. The first-order valence-electron chi connectivity index (χ1n) is 6.18. The Bertz CT molecular complexity index is 545. The molecular weight excluding hydrogens is 331 g/mol. The molecule has 1 aliphatic heterocycles. The summed E-state index contributed by atoms with van der Waals surface area (Å²) in [7, 11) is 0. The minimum Gasteiger partial charge on any atom is -0.452 e. The second-order valence-electron chi connectivity index (χ2n) is 4.52. The van der Waals surface area contributed by atoms with Crippen molar-refractivity contribution in [2.24, 2.45) is 0 Å². The van der Waals surface area contributed by atoms with E-state index in [1.54, 1.807) is 4.90 Å². The summed E-state index contributed by atoms with van der Waals surface area (Å²) >= 11 is 3.06. The van der Waals surface area contributed by atoms with Gasteiger partial charge in [-0.1, -0.05) is 0 Å². The number of nitrogen functional groups attached to an aromatic ring is 1. The van der Waals surface area contributed by atoms with E-state index in [9.17, 15) is 14.0 Å². The van der Waals surface area contributed by atoms with Gasteiger partial charge in [-0.3, -0.25) is 4.79 Å². The van der Waals surface area contributed by atoms with Crippen LogP contribution in [0.3, 0.4) is 0 Å². The number of benzene rings is 1. The number of halogens is 2. The lowest BCUT2D eigenvalue weighted by atomic mass is 10.2. The van der Waals surface area contributed by atoms with Gasteiger partial charge in [0.1, 0.15) is 5.82 Å². The number of anilines is 1. The Morgan fingerprint density at radius 2 is 2.00 bits per heavy atom. The summed E-state index contributed by atoms with van der Waals surface area (Å²) in [6.45, 7) is 1.08. The maximum Gasteiger partial charge on any atom is 0.339 e. The Kier molecular flexibility index (Phi) is 4.59. The fourth-order valence-corrected chi connectivity index (χ4v) is 2.46. The first kappa shape index (κ1) is 14.8. The van der Waals surface area contributed by atoms with Crippen LogP contribution < -0.4 is 5.73 Å². The summed E-state index contributed by atoms with van der Waals surface area (Å²) in [5, 5.41) is 0. The van der Waals surface area contributed by atoms with Gasteiger partial charge in [0.2, 0.25) is 0 Å². The van der Waals surface area contributed by atoms with Crippen molar-refractivity contribution in [3.8, 4) is 0 Å². The standard InChI is InChI=1S/C13H14BrFN2O3/c14-9-6-10(15)11(16)5-8(9)13(19)20-7-12(18)17-3-1-2-4-17/h5-6H,1-4,7,16H2. The van der Waals surface area contributed by atoms with Crippen LogP contribution in [-0.2, 0) is 9.53 Å². The van der Waals surface area contributed by atoms with Crippen molar-refractivity contribution in [2.45, 2.75) is 12.8 Å². The maximum absolute atomic E-state index is 13.2. The molecule has 1 heterocycles. The Morgan fingerprint density at radius 3 is 2.65 bits per heavy atom. The van der Waals surface area contributed by atoms with Crippen LogP contribution in [0, 0.1) is 5.82 Å². The largest absolute Gasteiger partial charge is 0.452 e. The molecule has 7 heteroatoms. The molecule has 1 fully saturated rings. The summed E-state index contributed by atoms with van der Waals surface area (Å²) in [6, 6.07) is 2.27. The lowest BCUT2D eigenvalue weighted by Gasteiger charge is -2.15. The van der Waals surface area contributed by atoms with Crippen molar-refractivity contribution < 1.29 is 18.7 Å². The van der Waals surface area contributed by atoms with Crippen LogP contribution >= 0.6 is 15.9 Å². The van der Waals surface area contributed by atoms with Crippen molar-refractivity contribution >= 4 is 33.5 Å². The van der Waals surface area contributed by atoms with Crippen molar-refractivity contribution in [1.29, 1.82) is 0 Å². The SMILES string of the molecule is Nc1cc(C(=O)OCC(=O)N2CCCC2)c(Br)cc1F. The number of likely N-dealkylation sites (tertiary alicyclic amines) is 1. The van der Waals surface area contributed by atoms with Gasteiger partial charge in [0, 0.05) is 17.6 Å². The number of amides is 1. The molecule has 0 spiro atoms. The quantitative estimate of drug-likeness (QED) is 0.671. The van der Waals surface area contributed by atoms with Crippen molar-refractivity contribution in [3.63, 3.8) is 0 Å². The topological polar surface area (TPSA) is 72.6 Å². The maximum atomic E-state index is 13.2. The summed E-state index contributed by atoms with van der Waals surface area (Å²) in [5.74, 6) is -1.56. The molecule has 20 heavy (non-hydrogen) atoms. The third-order valence-corrected chi connectivity index (χ3v) is 3.75. The molecule has 0 aromatic heterocycles. The van der Waals surface area contributed by atoms with E-state index in [0.717, 1.165) is 18.9 Å². The molecule has 1 amide bonds. The Hall–Kier alpha value is -1.63. The van der Waals surface area contributed by atoms with E-state index in [-0.39, 0.29) is 28.2 Å². The molecule has 1 aromatic rings. The van der Waals surface area contributed by atoms with Crippen LogP contribution in [0.5, 0.6) is 0 Å². The second-order valence-corrected chi connectivity index (χ2v) is 5.37. The highest BCUT2D eigenvalue weighted by Crippen LogP contribution is 2.23. The molecule has 108 valence electrons. The highest BCUT2D eigenvalue weighted by Gasteiger charge is 2.21. The lowest BCUT2D eigenvalue weighted by molar-refractivity contribution is -0.133. The summed E-state index contributed by atoms with van der Waals surface area (Å²) in [4.78, 5) is 25.2. The number of ether oxygens (including phenoxy) is 1. The van der Waals surface area contributed by atoms with Gasteiger partial charge >= 0.3 is 5.97 Å². The van der Waals surface area contributed by atoms with Crippen molar-refractivity contribution in [1.82, 2.24) is 4.90 Å². The predicted molar refractivity (Wildman–Crippen MR) is 74.6 cm³/mol. The molecule has 2 N–H and O–H groups in total. The number of rotatable bonds is 3. The fraction of sp³-hybridized carbons (Fsp3) is 0.385. The molecular formula is C13H14BrFN2O3. The second kappa shape index (κ2) is 6.21. The number of carbonyl (C=O) groups is 2. The van der Waals surface area contributed by atoms with Gasteiger partial charge in [-0.2, -0.15) is 0 Å². The fourth-order valence-electron chi connectivity index (χ4n) is 1.99. The Balaban J connectivity index is 1.98. The molecule has 1 aromatic carbocycles. The lowest BCUT2D eigenvalue weighted by Crippen LogP contribution is -2.32. The molecule has 0 atom stereocenters. The number of esters is 1. The molecule has 5 nitrogen and oxygen atoms in total. The zero-order valence-corrected chi connectivity index (χ0v) is 12.3. The molecule has 0 unspecified atom stereocenters. The molecule has 2 rings (SSSR count). The number of nitrogens with zero attached hydrogens (tertiary/aromatic N) is 1. The third kappa shape index (κ3) is 3.27. The molecule has 0 bridgehead atoms. The summed E-state index contributed by atoms with van der Waals surface area (Å²) in [6.07, 6.45) is 1.94. The van der Waals surface area contributed by atoms with Gasteiger partial charge in [0.05, 0.1) is 11.3 Å². The third-order valence-electron chi connectivity index (χ3n) is 3.09. The minimum atomic E-state index is -0.712. The Morgan fingerprint density at radius 1 is 1.35 bits per heavy atom. The first-order valence-corrected chi connectivity index (χ1v) is 6.98. The molecule has 0 aliphatic carbocycles. The molecule has 1 saturated heterocycles. The van der Waals surface area contributed by atoms with Gasteiger partial charge in [0.25, 0.3) is 5.91 Å². The monoisotopic (exact) mass is 344 g/mol. The van der Waals surface area contributed by atoms with Crippen LogP contribution in [0.15, 0.2) is 16.6 Å². The van der Waals surface area contributed by atoms with E-state index in [1.165, 1.54) is 6.07 Å². The number of carbonyl (C=O) groups excluding carboxylic acids is 2. The smallest absolute Gasteiger partial charge is 0.339 e. The predicted octanol–water partition coefficient (Wildman–Crippen LogP) is 1.95. The number of hydrogen-bond acceptors (Lipinski definition) is 4. The van der Waals surface area contributed by atoms with E-state index >= 15 is 0 Å². The highest BCUT2D eigenvalue weighted by molar-refractivity contribution is 9.10. The number of hydrogen-bond donors (Lipinski definition) is 1. The zero-order chi connectivity index (χ0) is 14.7. The van der Waals surface area contributed by atoms with Gasteiger partial charge in [-0.25, -0.2) is 9.18 Å². The van der Waals surface area contributed by atoms with Crippen molar-refractivity contribution in [2.75, 3.05) is 25.4 Å². The van der Waals surface area contributed by atoms with Crippen LogP contribution in [0.25, 0.3) is 0 Å². The molecule has 0 saturated carbocycles. The normalized spacial score (nSPS) is 14.4. The van der Waals surface area contributed by atoms with E-state index in [4.69, 9.17) is 10.5 Å². The average molecular weight is 345 g/mol. The first-order chi connectivity index (χ1) is 9.49. The van der Waals surface area contributed by atoms with Crippen molar-refractivity contribution in [3.05, 3.63) is 28.0 Å². The van der Waals surface area contributed by atoms with Gasteiger partial charge in [-0.15, -0.1) is 0 Å². The van der Waals surface area contributed by atoms with E-state index in [1.807, 2.05) is 0 Å². The van der Waals surface area contributed by atoms with E-state index in [0.29, 0.717) is 13.1 Å². The highest BCUT2D eigenvalue weighted by atomic mass is 79.9. The van der Waals surface area contributed by atoms with Crippen LogP contribution in [0.2, 0.25) is 0 Å². The van der Waals surface area contributed by atoms with Gasteiger partial charge in [-0.05, 0) is 40.9 Å². The van der Waals surface area contributed by atoms with Crippen LogP contribution in [0.4, 0.5) is 10.1 Å². The minimum absolute atomic E-state index is 0.0955. The van der Waals surface area contributed by atoms with Gasteiger partial charge < -0.3 is 15.4 Å². The van der Waals surface area contributed by atoms with Crippen LogP contribution in [0.1, 0.15) is 23.2 Å². The molecule has 0 radical (unpaired) electrons. The number of nitrogens with two attached hydrogens (primary N) is 1. The Labute approximate surface area is 124 Å². The van der Waals surface area contributed by atoms with E-state index < -0.39 is 11.8 Å². The van der Waals surface area contributed by atoms with E-state index in [2.05, 4.69) is 15.9 Å². The zero-order valence-electron chi connectivity index (χ0n) is 10.7.